The van der Waals surface area contributed by atoms with Crippen LogP contribution in [0.3, 0.4) is 0 Å². The molecule has 3 aromatic carbocycles. The second-order valence-electron chi connectivity index (χ2n) is 26.7. The van der Waals surface area contributed by atoms with Gasteiger partial charge in [0.15, 0.2) is 17.5 Å². The van der Waals surface area contributed by atoms with E-state index in [0.717, 1.165) is 145 Å². The van der Waals surface area contributed by atoms with Gasteiger partial charge in [-0.25, -0.2) is 0 Å². The number of carbonyl (C=O) groups is 4. The van der Waals surface area contributed by atoms with Crippen molar-refractivity contribution in [3.63, 3.8) is 0 Å². The molecule has 580 valence electrons. The SMILES string of the molecule is Cc1sc2c(c1C)C(c1ccc(Cl)cc1)=N[C@H](CC(=O)CCCCCC(=O)OC1CC/C=C/CCC1)c1nnc(C)n1-2.Cc1sc2c(c1C)C(c1ccc(Cl)cc1)=N[C@H](CC(=O)O)c1nnc(C)n1-2.Cc1sc2c(c1C)C(c1ccc(Cl)cc1)=N[C@H](CC(=O)OC(C)(C)C)c1nnc(C)n1-2.IC(I)I.[CH2-]I.[CH3-].[V].[V]. The number of allylic oxidation sites excluding steroid dienone is 2. The quantitative estimate of drug-likeness (QED) is 0.0237. The molecular weight excluding hydrogens is 2030 g/mol. The second kappa shape index (κ2) is 43.1. The van der Waals surface area contributed by atoms with Gasteiger partial charge in [-0.1, -0.05) is 158 Å². The number of carboxylic acid groups (broad SMARTS) is 1. The number of aliphatic imine (C=N–C) groups is 3. The largest absolute Gasteiger partial charge is 0.481 e. The number of ether oxygens (including phenoxy) is 2. The number of aliphatic carboxylic acids is 1. The van der Waals surface area contributed by atoms with Gasteiger partial charge in [-0.05, 0) is 181 Å². The molecule has 31 heteroatoms. The molecule has 1 unspecified atom stereocenters. The Balaban J connectivity index is 0.000000249. The Morgan fingerprint density at radius 2 is 0.872 bits per heavy atom. The normalized spacial score (nSPS) is 16.1. The molecule has 2 radical (unpaired) electrons. The summed E-state index contributed by atoms with van der Waals surface area (Å²) in [5.74, 6) is 2.93. The predicted molar refractivity (Wildman–Crippen MR) is 469 cm³/mol. The van der Waals surface area contributed by atoms with E-state index in [0.29, 0.717) is 45.4 Å². The summed E-state index contributed by atoms with van der Waals surface area (Å²) < 4.78 is 18.1. The van der Waals surface area contributed by atoms with Gasteiger partial charge in [0.1, 0.15) is 68.0 Å². The van der Waals surface area contributed by atoms with Crippen LogP contribution in [0.15, 0.2) is 99.9 Å². The number of aryl methyl sites for hydroxylation is 6. The number of unbranched alkanes of at least 4 members (excludes halogenated alkanes) is 2. The van der Waals surface area contributed by atoms with Gasteiger partial charge in [0.2, 0.25) is 0 Å². The Morgan fingerprint density at radius 3 is 1.24 bits per heavy atom. The number of ketones is 1. The minimum Gasteiger partial charge on any atom is -0.481 e. The van der Waals surface area contributed by atoms with E-state index in [4.69, 9.17) is 59.3 Å². The first-order valence-electron chi connectivity index (χ1n) is 34.5. The Kier molecular flexibility index (Phi) is 37.1. The molecule has 0 fully saturated rings. The second-order valence-corrected chi connectivity index (χ2v) is 42.6. The number of halogens is 7. The number of nitrogens with zero attached hydrogens (tertiary/aromatic N) is 12. The van der Waals surface area contributed by atoms with E-state index in [1.807, 2.05) is 146 Å². The number of esters is 2. The van der Waals surface area contributed by atoms with E-state index < -0.39 is 29.7 Å². The summed E-state index contributed by atoms with van der Waals surface area (Å²) in [5.41, 5.74) is 11.2. The summed E-state index contributed by atoms with van der Waals surface area (Å²) in [6.07, 6.45) is 12.7. The van der Waals surface area contributed by atoms with Gasteiger partial charge in [-0.2, -0.15) is 0 Å². The van der Waals surface area contributed by atoms with Crippen LogP contribution < -0.4 is 0 Å². The number of carbonyl (C=O) groups excluding carboxylic acids is 3. The van der Waals surface area contributed by atoms with Crippen LogP contribution in [-0.4, -0.2) is 102 Å². The number of fused-ring (bicyclic) bond motifs is 9. The molecule has 0 spiro atoms. The first-order valence-corrected chi connectivity index (χ1v) is 43.4. The van der Waals surface area contributed by atoms with Crippen LogP contribution in [0.2, 0.25) is 15.1 Å². The molecular formula is C78H87Cl3I4N12O7S3V2-2. The minimum atomic E-state index is -0.926. The van der Waals surface area contributed by atoms with Crippen LogP contribution in [0, 0.1) is 74.7 Å². The third-order valence-electron chi connectivity index (χ3n) is 18.0. The maximum atomic E-state index is 13.2. The van der Waals surface area contributed by atoms with E-state index >= 15 is 0 Å². The van der Waals surface area contributed by atoms with E-state index in [2.05, 4.69) is 162 Å². The van der Waals surface area contributed by atoms with E-state index in [1.54, 1.807) is 34.0 Å². The first kappa shape index (κ1) is 93.8. The van der Waals surface area contributed by atoms with Gasteiger partial charge in [-0.15, -0.1) is 64.6 Å². The molecule has 0 amide bonds. The van der Waals surface area contributed by atoms with E-state index in [9.17, 15) is 24.3 Å². The van der Waals surface area contributed by atoms with Gasteiger partial charge in [0.25, 0.3) is 0 Å². The standard InChI is InChI=1S/C33H39ClN4O3S.C23H25ClN4O2S.C19H17ClN4O2S.CHI3.CH2I.CH3.2V/c1-21-22(2)42-33-30(21)31(24-16-18-25(34)19-17-24)35-28(32-37-36-23(3)38(32)33)20-26(39)12-8-7-11-15-29(40)41-27-13-9-5-4-6-10-14-27;1-12-13(2)31-22-19(12)20(15-7-9-16(24)10-8-15)25-17(11-18(29)30-23(4,5)6)21-27-26-14(3)28(21)22;1-9-10(2)27-19-16(9)17(12-4-6-13(20)7-5-12)21-14(8-15(25)26)18-23-22-11(3)24(18)19;2-1(3)4;1-2;;;/h4-5,16-19,27-28H,6-15,20H2,1-3H3;7-10,17H,11H2,1-6H3;4-7,14H,8H2,1-3H3,(H,25,26);1H;1H2;1H3;;/q;;;;2*-1;;/b5-4+;;;;;;;/t27?,28-;17-;14-;;;;;/m111...../s1. The molecule has 109 heavy (non-hydrogen) atoms. The van der Waals surface area contributed by atoms with Gasteiger partial charge >= 0.3 is 17.9 Å². The van der Waals surface area contributed by atoms with Gasteiger partial charge in [0.05, 0.1) is 30.0 Å². The Morgan fingerprint density at radius 1 is 0.523 bits per heavy atom. The molecule has 4 aliphatic rings. The van der Waals surface area contributed by atoms with Crippen LogP contribution in [0.1, 0.15) is 222 Å². The molecule has 0 bridgehead atoms. The summed E-state index contributed by atoms with van der Waals surface area (Å²) in [5, 5.41) is 40.4. The summed E-state index contributed by atoms with van der Waals surface area (Å²) in [6, 6.07) is 21.2. The third kappa shape index (κ3) is 24.1. The van der Waals surface area contributed by atoms with E-state index in [-0.39, 0.29) is 87.6 Å². The van der Waals surface area contributed by atoms with E-state index in [1.165, 1.54) is 20.2 Å². The number of benzene rings is 3. The zero-order valence-electron chi connectivity index (χ0n) is 62.9. The fourth-order valence-electron chi connectivity index (χ4n) is 12.7. The maximum Gasteiger partial charge on any atom is 0.308 e. The molecule has 0 saturated heterocycles. The van der Waals surface area contributed by atoms with Gasteiger partial charge in [-0.3, -0.25) is 52.8 Å². The Bertz CT molecular complexity index is 4770. The van der Waals surface area contributed by atoms with Crippen molar-refractivity contribution in [2.24, 2.45) is 15.0 Å². The molecule has 1 aliphatic carbocycles. The number of Topliss-reactive ketones (excluding diaryl/α,β-unsaturated/α-hetero) is 1. The Labute approximate surface area is 744 Å². The molecule has 9 heterocycles. The first-order chi connectivity index (χ1) is 50.5. The summed E-state index contributed by atoms with van der Waals surface area (Å²) in [6.45, 7) is 23.9. The van der Waals surface area contributed by atoms with Crippen molar-refractivity contribution in [1.29, 1.82) is 0 Å². The topological polar surface area (TPSA) is 236 Å². The molecule has 0 saturated carbocycles. The fraction of sp³-hybridized carbons (Fsp3) is 0.397. The minimum absolute atomic E-state index is 0. The molecule has 6 aromatic heterocycles. The molecule has 9 aromatic rings. The molecule has 3 aliphatic heterocycles. The van der Waals surface area contributed by atoms with Crippen molar-refractivity contribution < 1.29 is 70.9 Å². The number of rotatable bonds is 16. The van der Waals surface area contributed by atoms with Crippen molar-refractivity contribution in [2.45, 2.75) is 196 Å². The van der Waals surface area contributed by atoms with Crippen molar-refractivity contribution in [1.82, 2.24) is 44.3 Å². The van der Waals surface area contributed by atoms with Crippen molar-refractivity contribution in [3.8, 4) is 15.0 Å². The maximum absolute atomic E-state index is 13.2. The molecule has 13 rings (SSSR count). The van der Waals surface area contributed by atoms with Crippen molar-refractivity contribution >= 4 is 200 Å². The van der Waals surface area contributed by atoms with Crippen LogP contribution >= 0.6 is 159 Å². The van der Waals surface area contributed by atoms with Crippen LogP contribution in [0.5, 0.6) is 0 Å². The van der Waals surface area contributed by atoms with Crippen LogP contribution in [0.25, 0.3) is 15.0 Å². The monoisotopic (exact) mass is 2110 g/mol. The molecule has 1 N–H and O–H groups in total. The summed E-state index contributed by atoms with van der Waals surface area (Å²) >= 11 is 32.3. The number of hydrogen-bond donors (Lipinski definition) is 1. The number of aromatic nitrogens is 9. The number of carboxylic acids is 1. The number of hydrogen-bond acceptors (Lipinski definition) is 18. The molecule has 4 atom stereocenters. The van der Waals surface area contributed by atoms with Gasteiger partial charge in [0, 0.05) is 119 Å². The van der Waals surface area contributed by atoms with Crippen LogP contribution in [-0.2, 0) is 65.8 Å². The zero-order chi connectivity index (χ0) is 77.0. The predicted octanol–water partition coefficient (Wildman–Crippen LogP) is 22.2. The summed E-state index contributed by atoms with van der Waals surface area (Å²) in [7, 11) is 0. The zero-order valence-corrected chi connectivity index (χ0v) is 79.0. The molecule has 19 nitrogen and oxygen atoms in total. The van der Waals surface area contributed by atoms with Crippen molar-refractivity contribution in [2.75, 3.05) is 0 Å². The third-order valence-corrected chi connectivity index (χ3v) is 22.3. The summed E-state index contributed by atoms with van der Waals surface area (Å²) in [4.78, 5) is 71.7. The van der Waals surface area contributed by atoms with Gasteiger partial charge < -0.3 is 44.6 Å². The fourth-order valence-corrected chi connectivity index (χ4v) is 16.7. The number of thiophene rings is 3. The Hall–Kier alpha value is -4.03. The number of alkyl halides is 3. The average molecular weight is 2120 g/mol. The smallest absolute Gasteiger partial charge is 0.308 e. The van der Waals surface area contributed by atoms with Crippen LogP contribution in [0.4, 0.5) is 0 Å². The average Bonchev–Trinajstić information content (AvgIpc) is 1.61. The van der Waals surface area contributed by atoms with Crippen molar-refractivity contribution in [3.05, 3.63) is 212 Å².